The van der Waals surface area contributed by atoms with Gasteiger partial charge in [0.1, 0.15) is 41.1 Å². The van der Waals surface area contributed by atoms with Crippen LogP contribution in [0.15, 0.2) is 22.0 Å². The number of ether oxygens (including phenoxy) is 2. The van der Waals surface area contributed by atoms with Crippen LogP contribution in [0.1, 0.15) is 102 Å². The number of hydrogen-bond donors (Lipinski definition) is 7. The summed E-state index contributed by atoms with van der Waals surface area (Å²) in [6.45, 7) is 14.7. The zero-order valence-electron chi connectivity index (χ0n) is 37.6. The van der Waals surface area contributed by atoms with E-state index in [9.17, 15) is 42.0 Å². The average Bonchev–Trinajstić information content (AvgIpc) is 3.79. The van der Waals surface area contributed by atoms with E-state index in [2.05, 4.69) is 36.3 Å². The van der Waals surface area contributed by atoms with Crippen molar-refractivity contribution in [2.24, 2.45) is 10.7 Å². The molecule has 0 aromatic heterocycles. The second-order valence-electron chi connectivity index (χ2n) is 17.6. The highest BCUT2D eigenvalue weighted by Gasteiger charge is 2.39. The first-order chi connectivity index (χ1) is 29.3. The van der Waals surface area contributed by atoms with Crippen LogP contribution in [0.3, 0.4) is 0 Å². The Labute approximate surface area is 368 Å². The summed E-state index contributed by atoms with van der Waals surface area (Å²) in [6, 6.07) is -4.71. The van der Waals surface area contributed by atoms with Crippen molar-refractivity contribution in [3.8, 4) is 5.75 Å². The van der Waals surface area contributed by atoms with Gasteiger partial charge in [0.15, 0.2) is 0 Å². The van der Waals surface area contributed by atoms with Gasteiger partial charge in [0, 0.05) is 38.5 Å². The van der Waals surface area contributed by atoms with E-state index in [1.54, 1.807) is 53.7 Å². The van der Waals surface area contributed by atoms with E-state index >= 15 is 0 Å². The van der Waals surface area contributed by atoms with E-state index in [1.807, 2.05) is 13.8 Å². The van der Waals surface area contributed by atoms with Crippen LogP contribution in [-0.2, 0) is 54.7 Å². The fourth-order valence-electron chi connectivity index (χ4n) is 7.76. The molecule has 4 atom stereocenters. The lowest BCUT2D eigenvalue weighted by molar-refractivity contribution is -0.156. The lowest BCUT2D eigenvalue weighted by atomic mass is 9.94. The Morgan fingerprint density at radius 1 is 0.984 bits per heavy atom. The van der Waals surface area contributed by atoms with Crippen molar-refractivity contribution >= 4 is 57.4 Å². The average molecular weight is 902 g/mol. The minimum Gasteiger partial charge on any atom is -0.487 e. The molecule has 1 aromatic rings. The Kier molecular flexibility index (Phi) is 16.4. The number of fused-ring (bicyclic) bond motifs is 2. The topological polar surface area (TPSA) is 286 Å². The summed E-state index contributed by atoms with van der Waals surface area (Å²) in [5.74, 6) is -4.47. The number of guanidine groups is 1. The number of carbonyl (C=O) groups excluding carboxylic acids is 7. The van der Waals surface area contributed by atoms with E-state index in [1.165, 1.54) is 11.8 Å². The third kappa shape index (κ3) is 13.6. The molecule has 1 fully saturated rings. The van der Waals surface area contributed by atoms with E-state index in [0.717, 1.165) is 5.56 Å². The molecule has 0 bridgehead atoms. The Morgan fingerprint density at radius 2 is 1.67 bits per heavy atom. The molecule has 0 unspecified atom stereocenters. The summed E-state index contributed by atoms with van der Waals surface area (Å²) >= 11 is 0. The van der Waals surface area contributed by atoms with Gasteiger partial charge in [-0.15, -0.1) is 0 Å². The van der Waals surface area contributed by atoms with Crippen molar-refractivity contribution in [3.05, 3.63) is 34.4 Å². The standard InChI is InChI=1S/C42H63N9O11S/c1-23-24(2)35(25(3)27-21-42(8,9)62-34(23)27)63(59,60)50-40(43)45-18-12-15-28-36(55)46-22-32(53)48-30(20-33(54)61-41(5,6)7)37(56)44-17-11-10-14-29(47-26(4)52)39(58)51-19-13-16-31(51)38(57)49-28/h10-11,28-31H,12-22H2,1-9H3,(H,44,56)(H,46,55)(H,47,52)(H,48,53)(H,49,57)(H3,43,45,50)/b11-10+/t28-,29-,30-,31-/m0/s1. The summed E-state index contributed by atoms with van der Waals surface area (Å²) in [6.07, 6.45) is 3.90. The molecule has 1 saturated heterocycles. The maximum atomic E-state index is 13.8. The molecule has 6 amide bonds. The van der Waals surface area contributed by atoms with Gasteiger partial charge in [-0.3, -0.25) is 38.6 Å². The normalized spacial score (nSPS) is 23.3. The molecule has 348 valence electrons. The van der Waals surface area contributed by atoms with E-state index in [-0.39, 0.29) is 50.2 Å². The van der Waals surface area contributed by atoms with Gasteiger partial charge in [-0.2, -0.15) is 0 Å². The molecule has 20 nitrogen and oxygen atoms in total. The van der Waals surface area contributed by atoms with Crippen molar-refractivity contribution in [1.29, 1.82) is 0 Å². The van der Waals surface area contributed by atoms with E-state index in [4.69, 9.17) is 15.2 Å². The highest BCUT2D eigenvalue weighted by molar-refractivity contribution is 7.90. The maximum Gasteiger partial charge on any atom is 0.308 e. The number of nitrogens with one attached hydrogen (secondary N) is 6. The van der Waals surface area contributed by atoms with Gasteiger partial charge in [0.25, 0.3) is 10.0 Å². The summed E-state index contributed by atoms with van der Waals surface area (Å²) in [7, 11) is -4.20. The Balaban J connectivity index is 1.54. The lowest BCUT2D eigenvalue weighted by Crippen LogP contribution is -2.56. The monoisotopic (exact) mass is 901 g/mol. The number of carbonyl (C=O) groups is 7. The highest BCUT2D eigenvalue weighted by atomic mass is 32.2. The Bertz CT molecular complexity index is 2150. The largest absolute Gasteiger partial charge is 0.487 e. The molecule has 0 aliphatic carbocycles. The van der Waals surface area contributed by atoms with Crippen LogP contribution in [0.4, 0.5) is 0 Å². The van der Waals surface area contributed by atoms with Crippen molar-refractivity contribution in [3.63, 3.8) is 0 Å². The van der Waals surface area contributed by atoms with Crippen LogP contribution < -0.4 is 41.8 Å². The summed E-state index contributed by atoms with van der Waals surface area (Å²) in [5.41, 5.74) is 7.26. The molecule has 8 N–H and O–H groups in total. The van der Waals surface area contributed by atoms with Crippen molar-refractivity contribution in [2.75, 3.05) is 26.2 Å². The molecule has 3 aliphatic heterocycles. The SMILES string of the molecule is CC(=O)N[C@H]1C/C=C/CNC(=O)[C@H](CC(=O)OC(C)(C)C)NC(=O)CNC(=O)[C@H](CCCN=C(N)NS(=O)(=O)c2c(C)c(C)c3c(c2C)CC(C)(C)O3)NC(=O)[C@@H]2CCCN2C1=O. The summed E-state index contributed by atoms with van der Waals surface area (Å²) < 4.78 is 41.2. The van der Waals surface area contributed by atoms with E-state index in [0.29, 0.717) is 35.3 Å². The Morgan fingerprint density at radius 3 is 2.33 bits per heavy atom. The second-order valence-corrected chi connectivity index (χ2v) is 19.3. The minimum atomic E-state index is -4.20. The third-order valence-electron chi connectivity index (χ3n) is 10.7. The first-order valence-corrected chi connectivity index (χ1v) is 22.5. The number of aliphatic imine (C=N–C) groups is 1. The van der Waals surface area contributed by atoms with Gasteiger partial charge in [-0.05, 0) is 104 Å². The number of esters is 1. The van der Waals surface area contributed by atoms with Gasteiger partial charge in [-0.1, -0.05) is 12.2 Å². The van der Waals surface area contributed by atoms with Crippen LogP contribution in [0.5, 0.6) is 5.75 Å². The molecule has 63 heavy (non-hydrogen) atoms. The van der Waals surface area contributed by atoms with Crippen LogP contribution in [0, 0.1) is 20.8 Å². The Hall–Kier alpha value is -5.73. The second kappa shape index (κ2) is 20.6. The lowest BCUT2D eigenvalue weighted by Gasteiger charge is -2.29. The molecule has 0 radical (unpaired) electrons. The van der Waals surface area contributed by atoms with Crippen LogP contribution >= 0.6 is 0 Å². The molecule has 3 aliphatic rings. The third-order valence-corrected chi connectivity index (χ3v) is 12.3. The molecular formula is C42H63N9O11S. The predicted molar refractivity (Wildman–Crippen MR) is 232 cm³/mol. The number of amides is 6. The van der Waals surface area contributed by atoms with Crippen LogP contribution in [0.2, 0.25) is 0 Å². The summed E-state index contributed by atoms with van der Waals surface area (Å²) in [4.78, 5) is 98.1. The number of benzene rings is 1. The number of rotatable bonds is 9. The first kappa shape index (κ1) is 49.9. The van der Waals surface area contributed by atoms with Crippen LogP contribution in [0.25, 0.3) is 0 Å². The minimum absolute atomic E-state index is 0.0154. The van der Waals surface area contributed by atoms with Crippen molar-refractivity contribution in [2.45, 2.75) is 148 Å². The van der Waals surface area contributed by atoms with Gasteiger partial charge in [0.2, 0.25) is 41.4 Å². The maximum absolute atomic E-state index is 13.8. The molecule has 1 aromatic carbocycles. The smallest absolute Gasteiger partial charge is 0.308 e. The van der Waals surface area contributed by atoms with E-state index < -0.39 is 106 Å². The number of nitrogens with two attached hydrogens (primary N) is 1. The highest BCUT2D eigenvalue weighted by Crippen LogP contribution is 2.43. The van der Waals surface area contributed by atoms with Crippen LogP contribution in [-0.4, -0.2) is 122 Å². The molecule has 0 saturated carbocycles. The van der Waals surface area contributed by atoms with Gasteiger partial charge in [0.05, 0.1) is 17.9 Å². The number of sulfonamides is 1. The predicted octanol–water partition coefficient (Wildman–Crippen LogP) is 0.0880. The zero-order valence-corrected chi connectivity index (χ0v) is 38.4. The molecule has 21 heteroatoms. The molecular weight excluding hydrogens is 839 g/mol. The first-order valence-electron chi connectivity index (χ1n) is 21.0. The number of nitrogens with zero attached hydrogens (tertiary/aromatic N) is 2. The number of hydrogen-bond acceptors (Lipinski definition) is 12. The quantitative estimate of drug-likeness (QED) is 0.0571. The van der Waals surface area contributed by atoms with Gasteiger partial charge in [-0.25, -0.2) is 13.1 Å². The zero-order chi connectivity index (χ0) is 47.0. The van der Waals surface area contributed by atoms with Gasteiger partial charge < -0.3 is 46.7 Å². The fraction of sp³-hybridized carbons (Fsp3) is 0.619. The summed E-state index contributed by atoms with van der Waals surface area (Å²) in [5, 5.41) is 12.8. The molecule has 0 spiro atoms. The fourth-order valence-corrected chi connectivity index (χ4v) is 9.29. The van der Waals surface area contributed by atoms with Gasteiger partial charge >= 0.3 is 5.97 Å². The van der Waals surface area contributed by atoms with Crippen molar-refractivity contribution < 1.29 is 51.5 Å². The van der Waals surface area contributed by atoms with Crippen molar-refractivity contribution in [1.82, 2.24) is 36.2 Å². The molecule has 3 heterocycles. The molecule has 4 rings (SSSR count).